The standard InChI is InChI=1S/C11H11ClFN3O2S/c12-9-2-1-7(3-10(9)13)14-4-8(17)6-18-11-5-15-19-16-11/h1-3,5,8,14,17H,4,6H2. The van der Waals surface area contributed by atoms with Crippen LogP contribution in [0.25, 0.3) is 0 Å². The molecule has 1 aromatic carbocycles. The molecule has 19 heavy (non-hydrogen) atoms. The van der Waals surface area contributed by atoms with Gasteiger partial charge in [-0.1, -0.05) is 11.6 Å². The fraction of sp³-hybridized carbons (Fsp3) is 0.273. The zero-order valence-corrected chi connectivity index (χ0v) is 11.3. The molecular weight excluding hydrogens is 293 g/mol. The molecule has 5 nitrogen and oxygen atoms in total. The zero-order valence-electron chi connectivity index (χ0n) is 9.72. The number of ether oxygens (including phenoxy) is 1. The highest BCUT2D eigenvalue weighted by atomic mass is 35.5. The number of aromatic nitrogens is 2. The van der Waals surface area contributed by atoms with Crippen LogP contribution in [0.4, 0.5) is 10.1 Å². The molecule has 0 fully saturated rings. The second kappa shape index (κ2) is 6.65. The number of nitrogens with one attached hydrogen (secondary N) is 1. The maximum absolute atomic E-state index is 13.2. The number of anilines is 1. The molecule has 0 aliphatic heterocycles. The van der Waals surface area contributed by atoms with Crippen LogP contribution in [-0.4, -0.2) is 33.1 Å². The second-order valence-electron chi connectivity index (χ2n) is 3.72. The van der Waals surface area contributed by atoms with Gasteiger partial charge in [-0.05, 0) is 18.2 Å². The minimum absolute atomic E-state index is 0.0606. The first kappa shape index (κ1) is 14.0. The van der Waals surface area contributed by atoms with Gasteiger partial charge in [-0.3, -0.25) is 0 Å². The van der Waals surface area contributed by atoms with Crippen molar-refractivity contribution in [2.45, 2.75) is 6.10 Å². The van der Waals surface area contributed by atoms with E-state index in [4.69, 9.17) is 16.3 Å². The van der Waals surface area contributed by atoms with Crippen molar-refractivity contribution in [3.63, 3.8) is 0 Å². The third-order valence-electron chi connectivity index (χ3n) is 2.23. The Kier molecular flexibility index (Phi) is 4.89. The Labute approximate surface area is 118 Å². The normalized spacial score (nSPS) is 12.2. The van der Waals surface area contributed by atoms with Gasteiger partial charge in [-0.25, -0.2) is 4.39 Å². The predicted molar refractivity (Wildman–Crippen MR) is 71.3 cm³/mol. The van der Waals surface area contributed by atoms with E-state index in [0.29, 0.717) is 11.6 Å². The van der Waals surface area contributed by atoms with Crippen LogP contribution in [0.2, 0.25) is 5.02 Å². The molecule has 0 radical (unpaired) electrons. The monoisotopic (exact) mass is 303 g/mol. The van der Waals surface area contributed by atoms with Crippen LogP contribution in [0, 0.1) is 5.82 Å². The van der Waals surface area contributed by atoms with Crippen molar-refractivity contribution in [1.29, 1.82) is 0 Å². The fourth-order valence-corrected chi connectivity index (χ4v) is 1.78. The van der Waals surface area contributed by atoms with Crippen molar-refractivity contribution < 1.29 is 14.2 Å². The fourth-order valence-electron chi connectivity index (χ4n) is 1.30. The summed E-state index contributed by atoms with van der Waals surface area (Å²) in [5.41, 5.74) is 0.538. The molecule has 1 heterocycles. The Balaban J connectivity index is 1.76. The van der Waals surface area contributed by atoms with Crippen molar-refractivity contribution in [3.8, 4) is 5.88 Å². The molecular formula is C11H11ClFN3O2S. The SMILES string of the molecule is OC(CNc1ccc(Cl)c(F)c1)COc1cnsn1. The maximum Gasteiger partial charge on any atom is 0.245 e. The molecule has 0 saturated heterocycles. The number of halogens is 2. The van der Waals surface area contributed by atoms with Crippen LogP contribution in [0.5, 0.6) is 5.88 Å². The lowest BCUT2D eigenvalue weighted by Gasteiger charge is -2.13. The summed E-state index contributed by atoms with van der Waals surface area (Å²) in [5.74, 6) is -0.132. The van der Waals surface area contributed by atoms with Gasteiger partial charge in [0.2, 0.25) is 5.88 Å². The number of aliphatic hydroxyl groups is 1. The van der Waals surface area contributed by atoms with E-state index in [9.17, 15) is 9.50 Å². The number of hydrogen-bond donors (Lipinski definition) is 2. The van der Waals surface area contributed by atoms with Crippen molar-refractivity contribution in [2.75, 3.05) is 18.5 Å². The van der Waals surface area contributed by atoms with E-state index in [0.717, 1.165) is 11.7 Å². The number of hydrogen-bond acceptors (Lipinski definition) is 6. The molecule has 2 aromatic rings. The van der Waals surface area contributed by atoms with Gasteiger partial charge in [-0.15, -0.1) is 4.37 Å². The lowest BCUT2D eigenvalue weighted by molar-refractivity contribution is 0.115. The van der Waals surface area contributed by atoms with Crippen LogP contribution in [0.15, 0.2) is 24.4 Å². The summed E-state index contributed by atoms with van der Waals surface area (Å²) in [6, 6.07) is 4.34. The molecule has 102 valence electrons. The molecule has 1 atom stereocenters. The molecule has 0 aliphatic carbocycles. The summed E-state index contributed by atoms with van der Waals surface area (Å²) >= 11 is 6.59. The lowest BCUT2D eigenvalue weighted by atomic mass is 10.3. The van der Waals surface area contributed by atoms with Gasteiger partial charge in [0, 0.05) is 12.2 Å². The molecule has 0 amide bonds. The van der Waals surface area contributed by atoms with Crippen LogP contribution in [0.3, 0.4) is 0 Å². The van der Waals surface area contributed by atoms with E-state index in [1.54, 1.807) is 6.07 Å². The Hall–Kier alpha value is -1.44. The molecule has 8 heteroatoms. The minimum atomic E-state index is -0.750. The van der Waals surface area contributed by atoms with Gasteiger partial charge >= 0.3 is 0 Å². The molecule has 1 unspecified atom stereocenters. The number of aliphatic hydroxyl groups excluding tert-OH is 1. The topological polar surface area (TPSA) is 67.3 Å². The van der Waals surface area contributed by atoms with Gasteiger partial charge in [0.05, 0.1) is 16.8 Å². The first-order chi connectivity index (χ1) is 9.15. The lowest BCUT2D eigenvalue weighted by Crippen LogP contribution is -2.26. The maximum atomic E-state index is 13.2. The van der Waals surface area contributed by atoms with Crippen LogP contribution in [-0.2, 0) is 0 Å². The largest absolute Gasteiger partial charge is 0.473 e. The Morgan fingerprint density at radius 1 is 1.53 bits per heavy atom. The molecule has 2 N–H and O–H groups in total. The van der Waals surface area contributed by atoms with E-state index in [2.05, 4.69) is 14.1 Å². The molecule has 0 aliphatic rings. The minimum Gasteiger partial charge on any atom is -0.473 e. The molecule has 0 saturated carbocycles. The Morgan fingerprint density at radius 2 is 2.37 bits per heavy atom. The van der Waals surface area contributed by atoms with Gasteiger partial charge in [-0.2, -0.15) is 4.37 Å². The van der Waals surface area contributed by atoms with Crippen LogP contribution < -0.4 is 10.1 Å². The summed E-state index contributed by atoms with van der Waals surface area (Å²) in [6.45, 7) is 0.299. The summed E-state index contributed by atoms with van der Waals surface area (Å²) in [7, 11) is 0. The van der Waals surface area contributed by atoms with E-state index in [1.807, 2.05) is 0 Å². The average Bonchev–Trinajstić information content (AvgIpc) is 2.91. The van der Waals surface area contributed by atoms with E-state index in [-0.39, 0.29) is 18.2 Å². The van der Waals surface area contributed by atoms with Crippen LogP contribution >= 0.6 is 23.3 Å². The molecule has 0 bridgehead atoms. The summed E-state index contributed by atoms with van der Waals surface area (Å²) < 4.78 is 26.0. The summed E-state index contributed by atoms with van der Waals surface area (Å²) in [6.07, 6.45) is 0.722. The zero-order chi connectivity index (χ0) is 13.7. The second-order valence-corrected chi connectivity index (χ2v) is 4.68. The highest BCUT2D eigenvalue weighted by Gasteiger charge is 2.07. The number of rotatable bonds is 6. The highest BCUT2D eigenvalue weighted by Crippen LogP contribution is 2.18. The van der Waals surface area contributed by atoms with Crippen molar-refractivity contribution >= 4 is 29.0 Å². The average molecular weight is 304 g/mol. The van der Waals surface area contributed by atoms with Gasteiger partial charge in [0.15, 0.2) is 0 Å². The summed E-state index contributed by atoms with van der Waals surface area (Å²) in [5, 5.41) is 12.6. The molecule has 2 rings (SSSR count). The van der Waals surface area contributed by atoms with Crippen molar-refractivity contribution in [2.24, 2.45) is 0 Å². The quantitative estimate of drug-likeness (QED) is 0.856. The molecule has 1 aromatic heterocycles. The Bertz CT molecular complexity index is 527. The number of benzene rings is 1. The third kappa shape index (κ3) is 4.30. The van der Waals surface area contributed by atoms with Crippen molar-refractivity contribution in [1.82, 2.24) is 8.75 Å². The number of nitrogens with zero attached hydrogens (tertiary/aromatic N) is 2. The smallest absolute Gasteiger partial charge is 0.245 e. The first-order valence-corrected chi connectivity index (χ1v) is 6.53. The third-order valence-corrected chi connectivity index (χ3v) is 2.99. The van der Waals surface area contributed by atoms with Gasteiger partial charge in [0.1, 0.15) is 24.7 Å². The molecule has 0 spiro atoms. The first-order valence-electron chi connectivity index (χ1n) is 5.42. The van der Waals surface area contributed by atoms with Crippen LogP contribution in [0.1, 0.15) is 0 Å². The van der Waals surface area contributed by atoms with E-state index < -0.39 is 11.9 Å². The highest BCUT2D eigenvalue weighted by molar-refractivity contribution is 6.99. The van der Waals surface area contributed by atoms with E-state index in [1.165, 1.54) is 18.3 Å². The Morgan fingerprint density at radius 3 is 3.05 bits per heavy atom. The van der Waals surface area contributed by atoms with Gasteiger partial charge in [0.25, 0.3) is 0 Å². The van der Waals surface area contributed by atoms with Gasteiger partial charge < -0.3 is 15.2 Å². The van der Waals surface area contributed by atoms with Crippen molar-refractivity contribution in [3.05, 3.63) is 35.2 Å². The van der Waals surface area contributed by atoms with E-state index >= 15 is 0 Å². The summed E-state index contributed by atoms with van der Waals surface area (Å²) in [4.78, 5) is 0. The predicted octanol–water partition coefficient (Wildman–Crippen LogP) is 2.18.